The Labute approximate surface area is 124 Å². The smallest absolute Gasteiger partial charge is 0.340 e. The van der Waals surface area contributed by atoms with Crippen LogP contribution in [0.25, 0.3) is 0 Å². The zero-order chi connectivity index (χ0) is 13.3. The Bertz CT molecular complexity index is 613. The highest BCUT2D eigenvalue weighted by atomic mass is 79.9. The summed E-state index contributed by atoms with van der Waals surface area (Å²) in [6.07, 6.45) is 0. The number of aryl methyl sites for hydroxylation is 1. The number of halogens is 2. The van der Waals surface area contributed by atoms with Crippen molar-refractivity contribution in [1.29, 1.82) is 0 Å². The Kier molecular flexibility index (Phi) is 4.04. The molecule has 0 saturated heterocycles. The van der Waals surface area contributed by atoms with Gasteiger partial charge in [-0.25, -0.2) is 4.79 Å². The van der Waals surface area contributed by atoms with Crippen LogP contribution in [0.2, 0.25) is 0 Å². The molecule has 0 spiro atoms. The zero-order valence-electron chi connectivity index (χ0n) is 9.20. The van der Waals surface area contributed by atoms with Crippen LogP contribution in [0.4, 0.5) is 10.7 Å². The number of aromatic carboxylic acids is 1. The minimum atomic E-state index is -0.975. The lowest BCUT2D eigenvalue weighted by molar-refractivity contribution is 0.0697. The van der Waals surface area contributed by atoms with Crippen LogP contribution in [0.3, 0.4) is 0 Å². The fraction of sp³-hybridized carbons (Fsp3) is 0.0909. The molecule has 0 amide bonds. The van der Waals surface area contributed by atoms with E-state index in [1.54, 1.807) is 6.92 Å². The molecule has 0 radical (unpaired) electrons. The summed E-state index contributed by atoms with van der Waals surface area (Å²) >= 11 is 7.92. The molecule has 4 nitrogen and oxygen atoms in total. The van der Waals surface area contributed by atoms with Crippen molar-refractivity contribution in [2.45, 2.75) is 6.92 Å². The van der Waals surface area contributed by atoms with E-state index in [4.69, 9.17) is 5.11 Å². The number of carbonyl (C=O) groups is 1. The Morgan fingerprint density at radius 2 is 2.17 bits per heavy atom. The number of carboxylic acid groups (broad SMARTS) is 1. The summed E-state index contributed by atoms with van der Waals surface area (Å²) < 4.78 is 5.84. The lowest BCUT2D eigenvalue weighted by Gasteiger charge is -2.07. The van der Waals surface area contributed by atoms with Gasteiger partial charge in [0.1, 0.15) is 10.6 Å². The largest absolute Gasteiger partial charge is 0.478 e. The van der Waals surface area contributed by atoms with Gasteiger partial charge in [0.05, 0.1) is 11.4 Å². The molecule has 0 bridgehead atoms. The third kappa shape index (κ3) is 2.73. The molecule has 2 aromatic rings. The van der Waals surface area contributed by atoms with Gasteiger partial charge < -0.3 is 10.4 Å². The fourth-order valence-electron chi connectivity index (χ4n) is 1.42. The van der Waals surface area contributed by atoms with Crippen molar-refractivity contribution in [2.24, 2.45) is 0 Å². The standard InChI is InChI=1S/C11H8Br2N2O2S/c1-5-9(11(16)17)10(18-15-5)14-8-3-2-6(12)4-7(8)13/h2-4,14H,1H3,(H,16,17). The Morgan fingerprint density at radius 1 is 1.44 bits per heavy atom. The Balaban J connectivity index is 2.37. The van der Waals surface area contributed by atoms with Crippen LogP contribution in [-0.2, 0) is 0 Å². The number of carboxylic acids is 1. The number of benzene rings is 1. The van der Waals surface area contributed by atoms with Crippen LogP contribution in [0.5, 0.6) is 0 Å². The highest BCUT2D eigenvalue weighted by Gasteiger charge is 2.18. The van der Waals surface area contributed by atoms with E-state index < -0.39 is 5.97 Å². The van der Waals surface area contributed by atoms with Gasteiger partial charge in [0.25, 0.3) is 0 Å². The number of hydrogen-bond donors (Lipinski definition) is 2. The van der Waals surface area contributed by atoms with Crippen molar-refractivity contribution in [1.82, 2.24) is 4.37 Å². The van der Waals surface area contributed by atoms with Crippen molar-refractivity contribution in [3.05, 3.63) is 38.4 Å². The molecular formula is C11H8Br2N2O2S. The van der Waals surface area contributed by atoms with Gasteiger partial charge >= 0.3 is 5.97 Å². The summed E-state index contributed by atoms with van der Waals surface area (Å²) in [7, 11) is 0. The van der Waals surface area contributed by atoms with E-state index in [0.717, 1.165) is 26.2 Å². The summed E-state index contributed by atoms with van der Waals surface area (Å²) in [4.78, 5) is 11.1. The van der Waals surface area contributed by atoms with Crippen molar-refractivity contribution in [3.8, 4) is 0 Å². The molecule has 7 heteroatoms. The second-order valence-electron chi connectivity index (χ2n) is 3.53. The molecule has 0 atom stereocenters. The number of aromatic nitrogens is 1. The summed E-state index contributed by atoms with van der Waals surface area (Å²) in [5.41, 5.74) is 1.53. The van der Waals surface area contributed by atoms with Crippen LogP contribution in [-0.4, -0.2) is 15.4 Å². The van der Waals surface area contributed by atoms with E-state index in [2.05, 4.69) is 41.6 Å². The molecule has 0 fully saturated rings. The molecule has 2 rings (SSSR count). The molecule has 0 aliphatic rings. The second-order valence-corrected chi connectivity index (χ2v) is 6.07. The minimum absolute atomic E-state index is 0.217. The van der Waals surface area contributed by atoms with Crippen molar-refractivity contribution >= 4 is 60.1 Å². The zero-order valence-corrected chi connectivity index (χ0v) is 13.2. The molecular weight excluding hydrogens is 384 g/mol. The van der Waals surface area contributed by atoms with E-state index in [-0.39, 0.29) is 5.56 Å². The predicted molar refractivity (Wildman–Crippen MR) is 78.9 cm³/mol. The molecule has 1 aromatic carbocycles. The summed E-state index contributed by atoms with van der Waals surface area (Å²) in [5.74, 6) is -0.975. The molecule has 0 aliphatic heterocycles. The first-order valence-electron chi connectivity index (χ1n) is 4.90. The average molecular weight is 392 g/mol. The van der Waals surface area contributed by atoms with E-state index >= 15 is 0 Å². The highest BCUT2D eigenvalue weighted by Crippen LogP contribution is 2.33. The molecule has 1 aromatic heterocycles. The van der Waals surface area contributed by atoms with E-state index in [0.29, 0.717) is 10.7 Å². The van der Waals surface area contributed by atoms with Crippen LogP contribution in [0, 0.1) is 6.92 Å². The monoisotopic (exact) mass is 390 g/mol. The quantitative estimate of drug-likeness (QED) is 0.812. The van der Waals surface area contributed by atoms with Gasteiger partial charge in [0.2, 0.25) is 0 Å². The third-order valence-electron chi connectivity index (χ3n) is 2.26. The van der Waals surface area contributed by atoms with E-state index in [1.165, 1.54) is 0 Å². The summed E-state index contributed by atoms with van der Waals surface area (Å²) in [6.45, 7) is 1.68. The SMILES string of the molecule is Cc1nsc(Nc2ccc(Br)cc2Br)c1C(=O)O. The van der Waals surface area contributed by atoms with Gasteiger partial charge in [-0.05, 0) is 52.6 Å². The summed E-state index contributed by atoms with van der Waals surface area (Å²) in [6, 6.07) is 5.62. The topological polar surface area (TPSA) is 62.2 Å². The first-order valence-corrected chi connectivity index (χ1v) is 7.26. The molecule has 0 saturated carbocycles. The van der Waals surface area contributed by atoms with Crippen molar-refractivity contribution < 1.29 is 9.90 Å². The lowest BCUT2D eigenvalue weighted by Crippen LogP contribution is -2.01. The second kappa shape index (κ2) is 5.38. The first-order chi connectivity index (χ1) is 8.49. The van der Waals surface area contributed by atoms with Crippen LogP contribution < -0.4 is 5.32 Å². The maximum atomic E-state index is 11.1. The highest BCUT2D eigenvalue weighted by molar-refractivity contribution is 9.11. The minimum Gasteiger partial charge on any atom is -0.478 e. The molecule has 18 heavy (non-hydrogen) atoms. The fourth-order valence-corrected chi connectivity index (χ4v) is 3.37. The molecule has 2 N–H and O–H groups in total. The number of nitrogens with zero attached hydrogens (tertiary/aromatic N) is 1. The predicted octanol–water partition coefficient (Wildman–Crippen LogP) is 4.42. The van der Waals surface area contributed by atoms with E-state index in [9.17, 15) is 4.79 Å². The average Bonchev–Trinajstić information content (AvgIpc) is 2.64. The third-order valence-corrected chi connectivity index (χ3v) is 4.26. The molecule has 1 heterocycles. The van der Waals surface area contributed by atoms with Gasteiger partial charge in [-0.2, -0.15) is 4.37 Å². The van der Waals surface area contributed by atoms with Crippen molar-refractivity contribution in [2.75, 3.05) is 5.32 Å². The lowest BCUT2D eigenvalue weighted by atomic mass is 10.2. The van der Waals surface area contributed by atoms with Crippen LogP contribution >= 0.6 is 43.4 Å². The number of anilines is 2. The van der Waals surface area contributed by atoms with Gasteiger partial charge in [0, 0.05) is 8.95 Å². The maximum absolute atomic E-state index is 11.1. The molecule has 0 unspecified atom stereocenters. The molecule has 94 valence electrons. The van der Waals surface area contributed by atoms with Gasteiger partial charge in [-0.1, -0.05) is 15.9 Å². The van der Waals surface area contributed by atoms with Gasteiger partial charge in [-0.3, -0.25) is 0 Å². The van der Waals surface area contributed by atoms with Crippen molar-refractivity contribution in [3.63, 3.8) is 0 Å². The Hall–Kier alpha value is -0.920. The first kappa shape index (κ1) is 13.5. The molecule has 0 aliphatic carbocycles. The van der Waals surface area contributed by atoms with Gasteiger partial charge in [-0.15, -0.1) is 0 Å². The number of rotatable bonds is 3. The summed E-state index contributed by atoms with van der Waals surface area (Å²) in [5, 5.41) is 12.7. The normalized spacial score (nSPS) is 10.4. The van der Waals surface area contributed by atoms with Crippen LogP contribution in [0.15, 0.2) is 27.1 Å². The van der Waals surface area contributed by atoms with Gasteiger partial charge in [0.15, 0.2) is 0 Å². The van der Waals surface area contributed by atoms with Crippen LogP contribution in [0.1, 0.15) is 16.1 Å². The van der Waals surface area contributed by atoms with E-state index in [1.807, 2.05) is 18.2 Å². The Morgan fingerprint density at radius 3 is 2.78 bits per heavy atom. The number of hydrogen-bond acceptors (Lipinski definition) is 4. The number of nitrogens with one attached hydrogen (secondary N) is 1. The maximum Gasteiger partial charge on any atom is 0.340 e.